The number of carbonyl (C=O) groups excluding carboxylic acids is 2. The van der Waals surface area contributed by atoms with E-state index in [0.717, 1.165) is 23.1 Å². The van der Waals surface area contributed by atoms with Crippen LogP contribution in [0.1, 0.15) is 97.3 Å². The largest absolute Gasteiger partial charge is 0.493 e. The predicted molar refractivity (Wildman–Crippen MR) is 209 cm³/mol. The van der Waals surface area contributed by atoms with Gasteiger partial charge in [0, 0.05) is 54.8 Å². The number of hydrogen-bond acceptors (Lipinski definition) is 7. The van der Waals surface area contributed by atoms with E-state index in [-0.39, 0.29) is 47.6 Å². The van der Waals surface area contributed by atoms with Crippen LogP contribution in [0.25, 0.3) is 0 Å². The van der Waals surface area contributed by atoms with Gasteiger partial charge in [-0.05, 0) is 111 Å². The zero-order valence-corrected chi connectivity index (χ0v) is 33.0. The summed E-state index contributed by atoms with van der Waals surface area (Å²) >= 11 is 6.39. The van der Waals surface area contributed by atoms with Gasteiger partial charge < -0.3 is 29.3 Å². The molecule has 0 radical (unpaired) electrons. The van der Waals surface area contributed by atoms with Gasteiger partial charge in [0.2, 0.25) is 5.91 Å². The van der Waals surface area contributed by atoms with Gasteiger partial charge in [0.05, 0.1) is 32.3 Å². The normalized spacial score (nSPS) is 22.9. The van der Waals surface area contributed by atoms with Crippen molar-refractivity contribution in [1.82, 2.24) is 4.90 Å². The molecule has 54 heavy (non-hydrogen) atoms. The second-order valence-electron chi connectivity index (χ2n) is 15.3. The minimum absolute atomic E-state index is 0.107. The maximum Gasteiger partial charge on any atom is 0.227 e. The Labute approximate surface area is 324 Å². The van der Waals surface area contributed by atoms with Gasteiger partial charge in [-0.3, -0.25) is 9.59 Å². The van der Waals surface area contributed by atoms with Crippen LogP contribution in [0.15, 0.2) is 66.2 Å². The highest BCUT2D eigenvalue weighted by atomic mass is 35.5. The highest BCUT2D eigenvalue weighted by molar-refractivity contribution is 6.31. The molecule has 2 N–H and O–H groups in total. The van der Waals surface area contributed by atoms with Crippen molar-refractivity contribution in [3.63, 3.8) is 0 Å². The Bertz CT molecular complexity index is 1810. The third kappa shape index (κ3) is 9.36. The number of ketones is 1. The Kier molecular flexibility index (Phi) is 14.0. The van der Waals surface area contributed by atoms with Crippen molar-refractivity contribution in [3.05, 3.63) is 105 Å². The molecule has 8 nitrogen and oxygen atoms in total. The molecule has 3 aromatic carbocycles. The number of aliphatic hydroxyl groups excluding tert-OH is 1. The van der Waals surface area contributed by atoms with Gasteiger partial charge in [-0.1, -0.05) is 54.4 Å². The summed E-state index contributed by atoms with van der Waals surface area (Å²) in [7, 11) is 4.75. The molecule has 10 heteroatoms. The highest BCUT2D eigenvalue weighted by Crippen LogP contribution is 2.59. The lowest BCUT2D eigenvalue weighted by atomic mass is 9.64. The summed E-state index contributed by atoms with van der Waals surface area (Å²) in [5.74, 6) is -0.0994. The van der Waals surface area contributed by atoms with Crippen molar-refractivity contribution >= 4 is 23.3 Å². The first-order valence-electron chi connectivity index (χ1n) is 18.9. The van der Waals surface area contributed by atoms with E-state index < -0.39 is 22.9 Å². The molecule has 0 heterocycles. The average molecular weight is 764 g/mol. The monoisotopic (exact) mass is 763 g/mol. The number of hydrogen-bond donors (Lipinski definition) is 2. The number of methoxy groups -OCH3 is 3. The Balaban J connectivity index is 1.54. The van der Waals surface area contributed by atoms with E-state index in [4.69, 9.17) is 25.8 Å². The summed E-state index contributed by atoms with van der Waals surface area (Å²) in [4.78, 5) is 30.2. The fourth-order valence-corrected chi connectivity index (χ4v) is 8.71. The third-order valence-corrected chi connectivity index (χ3v) is 12.1. The van der Waals surface area contributed by atoms with Crippen LogP contribution in [0.5, 0.6) is 11.5 Å². The SMILES string of the molecule is COCCCN(CC1(O)CCC2c3ccc(cc3C(=O)Cc3c(F)cccc3Cl)CC(O)CCC(C)=CCCC21C)C(=O)Cc1ccc(OC)c(OC)c1. The number of aliphatic hydroxyl groups is 2. The maximum atomic E-state index is 15.0. The number of allylic oxidation sites excluding steroid dienone is 2. The zero-order chi connectivity index (χ0) is 39.0. The number of fused-ring (bicyclic) bond motifs is 8. The summed E-state index contributed by atoms with van der Waals surface area (Å²) in [5.41, 5.74) is 2.05. The third-order valence-electron chi connectivity index (χ3n) is 11.8. The van der Waals surface area contributed by atoms with E-state index in [2.05, 4.69) is 19.9 Å². The Morgan fingerprint density at radius 2 is 1.78 bits per heavy atom. The molecule has 1 amide bonds. The molecule has 4 atom stereocenters. The number of ether oxygens (including phenoxy) is 3. The summed E-state index contributed by atoms with van der Waals surface area (Å²) in [6.07, 6.45) is 6.00. The van der Waals surface area contributed by atoms with Gasteiger partial charge in [0.15, 0.2) is 17.3 Å². The van der Waals surface area contributed by atoms with E-state index in [0.29, 0.717) is 75.2 Å². The smallest absolute Gasteiger partial charge is 0.227 e. The molecule has 6 rings (SSSR count). The van der Waals surface area contributed by atoms with Crippen molar-refractivity contribution in [3.8, 4) is 11.5 Å². The van der Waals surface area contributed by atoms with E-state index in [1.54, 1.807) is 44.4 Å². The first-order chi connectivity index (χ1) is 25.8. The fraction of sp³-hybridized carbons (Fsp3) is 0.500. The molecule has 3 aromatic rings. The van der Waals surface area contributed by atoms with Crippen molar-refractivity contribution < 1.29 is 38.4 Å². The predicted octanol–water partition coefficient (Wildman–Crippen LogP) is 8.07. The van der Waals surface area contributed by atoms with Crippen LogP contribution in [0.4, 0.5) is 4.39 Å². The van der Waals surface area contributed by atoms with Gasteiger partial charge in [0.25, 0.3) is 0 Å². The second-order valence-corrected chi connectivity index (χ2v) is 15.7. The van der Waals surface area contributed by atoms with E-state index in [9.17, 15) is 24.2 Å². The number of halogens is 2. The van der Waals surface area contributed by atoms with E-state index in [1.807, 2.05) is 24.3 Å². The number of amides is 1. The van der Waals surface area contributed by atoms with Gasteiger partial charge in [-0.15, -0.1) is 0 Å². The second kappa shape index (κ2) is 18.2. The van der Waals surface area contributed by atoms with Crippen LogP contribution in [0, 0.1) is 11.2 Å². The Morgan fingerprint density at radius 3 is 2.50 bits per heavy atom. The van der Waals surface area contributed by atoms with Crippen LogP contribution < -0.4 is 9.47 Å². The molecule has 4 unspecified atom stereocenters. The molecule has 0 aliphatic heterocycles. The first kappa shape index (κ1) is 41.4. The van der Waals surface area contributed by atoms with Crippen molar-refractivity contribution in [2.24, 2.45) is 5.41 Å². The molecule has 0 saturated heterocycles. The number of benzene rings is 3. The number of Topliss-reactive ketones (excluding diaryl/α,β-unsaturated/α-hetero) is 1. The lowest BCUT2D eigenvalue weighted by Crippen LogP contribution is -2.54. The van der Waals surface area contributed by atoms with E-state index in [1.165, 1.54) is 17.7 Å². The zero-order valence-electron chi connectivity index (χ0n) is 32.3. The summed E-state index contributed by atoms with van der Waals surface area (Å²) in [5, 5.41) is 24.1. The summed E-state index contributed by atoms with van der Waals surface area (Å²) in [6.45, 7) is 5.12. The molecular weight excluding hydrogens is 709 g/mol. The lowest BCUT2D eigenvalue weighted by molar-refractivity contribution is -0.139. The quantitative estimate of drug-likeness (QED) is 0.103. The molecule has 292 valence electrons. The Hall–Kier alpha value is -3.76. The molecule has 2 bridgehead atoms. The minimum atomic E-state index is -1.30. The maximum absolute atomic E-state index is 15.0. The molecular formula is C44H55ClFNO7. The van der Waals surface area contributed by atoms with Gasteiger partial charge in [-0.25, -0.2) is 4.39 Å². The minimum Gasteiger partial charge on any atom is -0.493 e. The van der Waals surface area contributed by atoms with Crippen LogP contribution in [0.2, 0.25) is 5.02 Å². The van der Waals surface area contributed by atoms with Crippen molar-refractivity contribution in [2.75, 3.05) is 41.0 Å². The molecule has 3 aliphatic carbocycles. The van der Waals surface area contributed by atoms with Crippen molar-refractivity contribution in [1.29, 1.82) is 0 Å². The highest BCUT2D eigenvalue weighted by Gasteiger charge is 2.57. The van der Waals surface area contributed by atoms with Gasteiger partial charge in [-0.2, -0.15) is 0 Å². The molecule has 1 saturated carbocycles. The van der Waals surface area contributed by atoms with Crippen LogP contribution >= 0.6 is 11.6 Å². The molecule has 1 fully saturated rings. The number of rotatable bonds is 13. The van der Waals surface area contributed by atoms with Gasteiger partial charge >= 0.3 is 0 Å². The molecule has 0 aromatic heterocycles. The molecule has 3 aliphatic rings. The topological polar surface area (TPSA) is 106 Å². The lowest BCUT2D eigenvalue weighted by Gasteiger charge is -2.46. The molecule has 0 spiro atoms. The first-order valence-corrected chi connectivity index (χ1v) is 19.3. The summed E-state index contributed by atoms with van der Waals surface area (Å²) in [6, 6.07) is 15.6. The average Bonchev–Trinajstić information content (AvgIpc) is 3.40. The van der Waals surface area contributed by atoms with Crippen LogP contribution in [-0.4, -0.2) is 79.5 Å². The van der Waals surface area contributed by atoms with Crippen molar-refractivity contribution in [2.45, 2.75) is 95.7 Å². The number of carbonyl (C=O) groups is 2. The number of nitrogens with zero attached hydrogens (tertiary/aromatic N) is 1. The Morgan fingerprint density at radius 1 is 1.00 bits per heavy atom. The van der Waals surface area contributed by atoms with E-state index >= 15 is 0 Å². The summed E-state index contributed by atoms with van der Waals surface area (Å²) < 4.78 is 31.2. The standard InChI is InChI=1S/C44H55ClFNO7/c1-29-9-7-19-43(2)36(33-16-13-30(23-32(48)15-12-29)24-34(33)39(49)27-35-37(45)10-6-11-38(35)46)18-20-44(43,51)28-47(21-8-22-52-3)42(50)26-31-14-17-40(53-4)41(25-31)54-5/h6,9-11,13-14,16-17,24-25,32,36,48,51H,7-8,12,15,18-23,26-28H2,1-5H3. The van der Waals surface area contributed by atoms with Crippen LogP contribution in [0.3, 0.4) is 0 Å². The van der Waals surface area contributed by atoms with Crippen LogP contribution in [-0.2, 0) is 28.8 Å². The fourth-order valence-electron chi connectivity index (χ4n) is 8.48. The van der Waals surface area contributed by atoms with Gasteiger partial charge in [0.1, 0.15) is 5.82 Å².